The first-order chi connectivity index (χ1) is 34.4. The lowest BCUT2D eigenvalue weighted by atomic mass is 9.99. The summed E-state index contributed by atoms with van der Waals surface area (Å²) in [6.07, 6.45) is 42.8. The molecule has 1 saturated heterocycles. The van der Waals surface area contributed by atoms with Gasteiger partial charge in [0.2, 0.25) is 5.91 Å². The molecular weight excluding hydrogens is 923 g/mol. The van der Waals surface area contributed by atoms with Crippen LogP contribution in [-0.4, -0.2) is 107 Å². The molecule has 14 heteroatoms. The molecule has 0 aromatic heterocycles. The predicted molar refractivity (Wildman–Crippen MR) is 289 cm³/mol. The fraction of sp³-hybridized carbons (Fsp3) is 0.982. The Bertz CT molecular complexity index is 1280. The first-order valence-corrected chi connectivity index (χ1v) is 31.4. The van der Waals surface area contributed by atoms with E-state index in [-0.39, 0.29) is 6.42 Å². The number of aliphatic hydroxyl groups excluding tert-OH is 5. The Hall–Kier alpha value is -0.940. The third kappa shape index (κ3) is 39.2. The number of carbonyl (C=O) groups is 1. The molecule has 8 unspecified atom stereocenters. The van der Waals surface area contributed by atoms with Crippen molar-refractivity contribution in [3.63, 3.8) is 0 Å². The van der Waals surface area contributed by atoms with Crippen molar-refractivity contribution >= 4 is 16.3 Å². The fourth-order valence-electron chi connectivity index (χ4n) is 10.1. The van der Waals surface area contributed by atoms with Gasteiger partial charge in [-0.1, -0.05) is 284 Å². The number of hydrogen-bond donors (Lipinski definition) is 7. The molecular formula is C57H113NO12S. The Morgan fingerprint density at radius 2 is 0.817 bits per heavy atom. The van der Waals surface area contributed by atoms with E-state index in [1.165, 1.54) is 218 Å². The van der Waals surface area contributed by atoms with Gasteiger partial charge in [-0.05, 0) is 12.8 Å². The van der Waals surface area contributed by atoms with Crippen molar-refractivity contribution in [1.82, 2.24) is 5.32 Å². The van der Waals surface area contributed by atoms with Crippen molar-refractivity contribution in [2.24, 2.45) is 0 Å². The zero-order valence-corrected chi connectivity index (χ0v) is 46.5. The number of aliphatic hydroxyl groups is 5. The van der Waals surface area contributed by atoms with Gasteiger partial charge >= 0.3 is 10.4 Å². The Kier molecular flexibility index (Phi) is 45.5. The van der Waals surface area contributed by atoms with Gasteiger partial charge < -0.3 is 40.3 Å². The summed E-state index contributed by atoms with van der Waals surface area (Å²) in [4.78, 5) is 13.2. The highest BCUT2D eigenvalue weighted by molar-refractivity contribution is 7.80. The second-order valence-corrected chi connectivity index (χ2v) is 22.5. The molecule has 0 bridgehead atoms. The molecule has 1 aliphatic rings. The summed E-state index contributed by atoms with van der Waals surface area (Å²) < 4.78 is 47.9. The molecule has 71 heavy (non-hydrogen) atoms. The molecule has 0 aromatic rings. The van der Waals surface area contributed by atoms with Crippen molar-refractivity contribution in [1.29, 1.82) is 0 Å². The monoisotopic (exact) mass is 1040 g/mol. The molecule has 0 aliphatic carbocycles. The highest BCUT2D eigenvalue weighted by Gasteiger charge is 2.48. The normalized spacial score (nSPS) is 19.8. The fourth-order valence-corrected chi connectivity index (χ4v) is 10.6. The van der Waals surface area contributed by atoms with E-state index in [2.05, 4.69) is 23.3 Å². The van der Waals surface area contributed by atoms with Crippen LogP contribution in [0.2, 0.25) is 0 Å². The lowest BCUT2D eigenvalue weighted by Gasteiger charge is -2.41. The summed E-state index contributed by atoms with van der Waals surface area (Å²) in [6.45, 7) is 3.35. The third-order valence-corrected chi connectivity index (χ3v) is 15.2. The van der Waals surface area contributed by atoms with E-state index in [0.29, 0.717) is 19.3 Å². The van der Waals surface area contributed by atoms with Crippen LogP contribution in [0.4, 0.5) is 0 Å². The highest BCUT2D eigenvalue weighted by Crippen LogP contribution is 2.26. The van der Waals surface area contributed by atoms with Crippen molar-refractivity contribution in [2.75, 3.05) is 13.2 Å². The van der Waals surface area contributed by atoms with E-state index in [1.807, 2.05) is 0 Å². The molecule has 1 amide bonds. The summed E-state index contributed by atoms with van der Waals surface area (Å²) in [6, 6.07) is -1.03. The SMILES string of the molecule is CCCCCCCCCCCCCCCCCCCCCCCC(O)C(=O)NC(COC1OC(CO)C(O)C(OS(=O)(=O)O)C1O)C(O)CCCCCCCCCCCCCCCCCCCCCCC. The Morgan fingerprint density at radius 3 is 1.13 bits per heavy atom. The number of ether oxygens (including phenoxy) is 2. The van der Waals surface area contributed by atoms with Gasteiger partial charge in [0.1, 0.15) is 30.5 Å². The van der Waals surface area contributed by atoms with Gasteiger partial charge in [-0.15, -0.1) is 0 Å². The van der Waals surface area contributed by atoms with Gasteiger partial charge in [0.25, 0.3) is 0 Å². The van der Waals surface area contributed by atoms with Crippen LogP contribution < -0.4 is 5.32 Å². The minimum atomic E-state index is -5.11. The van der Waals surface area contributed by atoms with E-state index >= 15 is 0 Å². The maximum absolute atomic E-state index is 13.2. The molecule has 1 fully saturated rings. The zero-order valence-electron chi connectivity index (χ0n) is 45.7. The van der Waals surface area contributed by atoms with Crippen molar-refractivity contribution in [2.45, 2.75) is 345 Å². The van der Waals surface area contributed by atoms with Crippen LogP contribution in [0.25, 0.3) is 0 Å². The third-order valence-electron chi connectivity index (χ3n) is 14.8. The molecule has 13 nitrogen and oxygen atoms in total. The molecule has 1 heterocycles. The summed E-state index contributed by atoms with van der Waals surface area (Å²) in [5.74, 6) is -0.661. The van der Waals surface area contributed by atoms with Gasteiger partial charge in [0.05, 0.1) is 25.4 Å². The minimum absolute atomic E-state index is 0.267. The van der Waals surface area contributed by atoms with Crippen LogP contribution in [0.5, 0.6) is 0 Å². The van der Waals surface area contributed by atoms with E-state index in [1.54, 1.807) is 0 Å². The number of unbranched alkanes of at least 4 members (excludes halogenated alkanes) is 40. The van der Waals surface area contributed by atoms with Crippen LogP contribution in [0, 0.1) is 0 Å². The second kappa shape index (κ2) is 47.5. The molecule has 0 aromatic carbocycles. The smallest absolute Gasteiger partial charge is 0.394 e. The topological polar surface area (TPSA) is 212 Å². The predicted octanol–water partition coefficient (Wildman–Crippen LogP) is 13.0. The standard InChI is InChI=1S/C57H113NO12S/c1-3-5-7-9-11-13-15-17-19-21-23-25-27-29-31-33-35-37-39-41-43-45-50(60)49(48-68-57-54(63)55(70-71(65,66)67)53(62)52(47-59)69-57)58-56(64)51(61)46-44-42-40-38-36-34-32-30-28-26-24-22-20-18-16-14-12-10-8-6-4-2/h49-55,57,59-63H,3-48H2,1-2H3,(H,58,64)(H,65,66,67). The number of rotatable bonds is 53. The van der Waals surface area contributed by atoms with Crippen molar-refractivity contribution < 1.29 is 57.0 Å². The van der Waals surface area contributed by atoms with Gasteiger partial charge in [0, 0.05) is 0 Å². The molecule has 0 saturated carbocycles. The summed E-state index contributed by atoms with van der Waals surface area (Å²) in [7, 11) is -5.11. The average Bonchev–Trinajstić information content (AvgIpc) is 3.35. The summed E-state index contributed by atoms with van der Waals surface area (Å²) in [5.41, 5.74) is 0. The van der Waals surface area contributed by atoms with E-state index < -0.39 is 78.5 Å². The number of nitrogens with one attached hydrogen (secondary N) is 1. The van der Waals surface area contributed by atoms with Crippen LogP contribution in [0.1, 0.15) is 296 Å². The van der Waals surface area contributed by atoms with Crippen molar-refractivity contribution in [3.05, 3.63) is 0 Å². The maximum Gasteiger partial charge on any atom is 0.397 e. The molecule has 7 N–H and O–H groups in total. The molecule has 424 valence electrons. The van der Waals surface area contributed by atoms with E-state index in [9.17, 15) is 43.3 Å². The quantitative estimate of drug-likeness (QED) is 0.0224. The summed E-state index contributed by atoms with van der Waals surface area (Å²) in [5, 5.41) is 55.8. The first kappa shape index (κ1) is 68.1. The van der Waals surface area contributed by atoms with Gasteiger partial charge in [-0.2, -0.15) is 8.42 Å². The van der Waals surface area contributed by atoms with E-state index in [0.717, 1.165) is 38.5 Å². The van der Waals surface area contributed by atoms with Gasteiger partial charge in [-0.3, -0.25) is 9.35 Å². The van der Waals surface area contributed by atoms with Crippen LogP contribution >= 0.6 is 0 Å². The largest absolute Gasteiger partial charge is 0.397 e. The lowest BCUT2D eigenvalue weighted by Crippen LogP contribution is -2.61. The Labute approximate surface area is 435 Å². The summed E-state index contributed by atoms with van der Waals surface area (Å²) >= 11 is 0. The lowest BCUT2D eigenvalue weighted by molar-refractivity contribution is -0.298. The first-order valence-electron chi connectivity index (χ1n) is 30.0. The number of hydrogen-bond acceptors (Lipinski definition) is 11. The van der Waals surface area contributed by atoms with Crippen LogP contribution in [0.15, 0.2) is 0 Å². The molecule has 0 radical (unpaired) electrons. The van der Waals surface area contributed by atoms with Crippen LogP contribution in [-0.2, 0) is 28.9 Å². The molecule has 0 spiro atoms. The minimum Gasteiger partial charge on any atom is -0.394 e. The van der Waals surface area contributed by atoms with Gasteiger partial charge in [0.15, 0.2) is 6.29 Å². The molecule has 1 rings (SSSR count). The van der Waals surface area contributed by atoms with Gasteiger partial charge in [-0.25, -0.2) is 4.18 Å². The molecule has 1 aliphatic heterocycles. The zero-order chi connectivity index (χ0) is 52.1. The average molecular weight is 1040 g/mol. The van der Waals surface area contributed by atoms with Crippen molar-refractivity contribution in [3.8, 4) is 0 Å². The molecule has 8 atom stereocenters. The Morgan fingerprint density at radius 1 is 0.507 bits per heavy atom. The second-order valence-electron chi connectivity index (χ2n) is 21.4. The van der Waals surface area contributed by atoms with E-state index in [4.69, 9.17) is 9.47 Å². The Balaban J connectivity index is 2.38. The number of amides is 1. The van der Waals surface area contributed by atoms with Crippen LogP contribution in [0.3, 0.4) is 0 Å². The number of carbonyl (C=O) groups excluding carboxylic acids is 1. The highest BCUT2D eigenvalue weighted by atomic mass is 32.3. The maximum atomic E-state index is 13.2.